The van der Waals surface area contributed by atoms with Crippen LogP contribution in [0.2, 0.25) is 0 Å². The molecule has 1 heterocycles. The van der Waals surface area contributed by atoms with E-state index in [1.165, 1.54) is 24.1 Å². The van der Waals surface area contributed by atoms with Crippen molar-refractivity contribution in [2.45, 2.75) is 38.1 Å². The van der Waals surface area contributed by atoms with E-state index in [-0.39, 0.29) is 0 Å². The maximum absolute atomic E-state index is 4.52. The summed E-state index contributed by atoms with van der Waals surface area (Å²) >= 11 is 0. The van der Waals surface area contributed by atoms with Gasteiger partial charge in [0.15, 0.2) is 0 Å². The molecule has 1 saturated carbocycles. The average Bonchev–Trinajstić information content (AvgIpc) is 3.25. The van der Waals surface area contributed by atoms with E-state index < -0.39 is 0 Å². The predicted octanol–water partition coefficient (Wildman–Crippen LogP) is 3.10. The summed E-state index contributed by atoms with van der Waals surface area (Å²) in [6, 6.07) is 4.79. The molecule has 0 bridgehead atoms. The van der Waals surface area contributed by atoms with E-state index in [4.69, 9.17) is 0 Å². The smallest absolute Gasteiger partial charge is 0.0501 e. The van der Waals surface area contributed by atoms with Crippen molar-refractivity contribution in [3.05, 3.63) is 41.7 Å². The second kappa shape index (κ2) is 7.95. The van der Waals surface area contributed by atoms with Crippen LogP contribution in [0.3, 0.4) is 0 Å². The van der Waals surface area contributed by atoms with E-state index in [2.05, 4.69) is 47.2 Å². The zero-order chi connectivity index (χ0) is 14.2. The first kappa shape index (κ1) is 14.9. The van der Waals surface area contributed by atoms with Gasteiger partial charge in [0.1, 0.15) is 0 Å². The lowest BCUT2D eigenvalue weighted by atomic mass is 10.1. The molecule has 0 amide bonds. The third kappa shape index (κ3) is 6.11. The summed E-state index contributed by atoms with van der Waals surface area (Å²) in [6.45, 7) is 1.02. The van der Waals surface area contributed by atoms with E-state index in [1.54, 1.807) is 0 Å². The summed E-state index contributed by atoms with van der Waals surface area (Å²) in [5.74, 6) is 0. The highest BCUT2D eigenvalue weighted by Gasteiger charge is 2.18. The first-order chi connectivity index (χ1) is 9.74. The number of likely N-dealkylation sites (N-methyl/N-ethyl adjacent to an activating group) is 1. The van der Waals surface area contributed by atoms with Crippen LogP contribution in [0, 0.1) is 0 Å². The van der Waals surface area contributed by atoms with Crippen LogP contribution in [-0.4, -0.2) is 42.8 Å². The van der Waals surface area contributed by atoms with Crippen molar-refractivity contribution in [3.8, 4) is 0 Å². The number of pyridine rings is 1. The molecule has 0 radical (unpaired) electrons. The van der Waals surface area contributed by atoms with Gasteiger partial charge in [-0.05, 0) is 63.9 Å². The van der Waals surface area contributed by atoms with Gasteiger partial charge in [-0.3, -0.25) is 9.98 Å². The molecule has 0 spiro atoms. The molecule has 1 fully saturated rings. The van der Waals surface area contributed by atoms with Crippen molar-refractivity contribution in [2.24, 2.45) is 4.99 Å². The van der Waals surface area contributed by atoms with Gasteiger partial charge in [0, 0.05) is 24.7 Å². The molecule has 3 nitrogen and oxygen atoms in total. The van der Waals surface area contributed by atoms with Crippen molar-refractivity contribution in [3.63, 3.8) is 0 Å². The number of unbranched alkanes of at least 4 members (excludes halogenated alkanes) is 1. The molecule has 0 aromatic carbocycles. The molecule has 1 aliphatic rings. The van der Waals surface area contributed by atoms with Crippen LogP contribution >= 0.6 is 0 Å². The van der Waals surface area contributed by atoms with E-state index in [0.29, 0.717) is 6.04 Å². The lowest BCUT2D eigenvalue weighted by Crippen LogP contribution is -2.10. The molecular formula is C17H25N3. The van der Waals surface area contributed by atoms with Crippen LogP contribution in [0.1, 0.15) is 36.9 Å². The third-order valence-electron chi connectivity index (χ3n) is 3.26. The molecule has 108 valence electrons. The Kier molecular flexibility index (Phi) is 5.93. The molecule has 20 heavy (non-hydrogen) atoms. The van der Waals surface area contributed by atoms with E-state index >= 15 is 0 Å². The molecule has 0 aliphatic heterocycles. The first-order valence-electron chi connectivity index (χ1n) is 7.52. The Labute approximate surface area is 122 Å². The molecule has 1 aromatic rings. The molecule has 0 atom stereocenters. The van der Waals surface area contributed by atoms with Crippen LogP contribution in [0.5, 0.6) is 0 Å². The van der Waals surface area contributed by atoms with Crippen LogP contribution in [-0.2, 0) is 6.42 Å². The second-order valence-corrected chi connectivity index (χ2v) is 5.72. The maximum Gasteiger partial charge on any atom is 0.0501 e. The Morgan fingerprint density at radius 3 is 2.95 bits per heavy atom. The SMILES string of the molecule is CN(C)C/C=C/CCCc1cc(C=NC2CC2)ccn1. The number of hydrogen-bond acceptors (Lipinski definition) is 3. The van der Waals surface area contributed by atoms with E-state index in [0.717, 1.165) is 25.8 Å². The van der Waals surface area contributed by atoms with Crippen molar-refractivity contribution in [1.82, 2.24) is 9.88 Å². The van der Waals surface area contributed by atoms with Gasteiger partial charge >= 0.3 is 0 Å². The number of aliphatic imine (C=N–C) groups is 1. The fourth-order valence-corrected chi connectivity index (χ4v) is 1.93. The van der Waals surface area contributed by atoms with Crippen molar-refractivity contribution >= 4 is 6.21 Å². The Balaban J connectivity index is 1.72. The number of aryl methyl sites for hydroxylation is 1. The lowest BCUT2D eigenvalue weighted by Gasteiger charge is -2.03. The van der Waals surface area contributed by atoms with Gasteiger partial charge < -0.3 is 4.90 Å². The van der Waals surface area contributed by atoms with Gasteiger partial charge in [-0.25, -0.2) is 0 Å². The minimum Gasteiger partial charge on any atom is -0.306 e. The van der Waals surface area contributed by atoms with Gasteiger partial charge in [0.25, 0.3) is 0 Å². The first-order valence-corrected chi connectivity index (χ1v) is 7.52. The number of nitrogens with zero attached hydrogens (tertiary/aromatic N) is 3. The van der Waals surface area contributed by atoms with Crippen LogP contribution in [0.15, 0.2) is 35.5 Å². The number of hydrogen-bond donors (Lipinski definition) is 0. The highest BCUT2D eigenvalue weighted by molar-refractivity contribution is 5.79. The van der Waals surface area contributed by atoms with Gasteiger partial charge in [-0.15, -0.1) is 0 Å². The molecule has 2 rings (SSSR count). The molecule has 0 saturated heterocycles. The van der Waals surface area contributed by atoms with Gasteiger partial charge in [0.2, 0.25) is 0 Å². The zero-order valence-electron chi connectivity index (χ0n) is 12.6. The summed E-state index contributed by atoms with van der Waals surface area (Å²) in [4.78, 5) is 11.1. The van der Waals surface area contributed by atoms with Crippen molar-refractivity contribution in [2.75, 3.05) is 20.6 Å². The maximum atomic E-state index is 4.52. The molecule has 0 N–H and O–H groups in total. The van der Waals surface area contributed by atoms with Crippen molar-refractivity contribution in [1.29, 1.82) is 0 Å². The Morgan fingerprint density at radius 1 is 1.35 bits per heavy atom. The largest absolute Gasteiger partial charge is 0.306 e. The second-order valence-electron chi connectivity index (χ2n) is 5.72. The summed E-state index contributed by atoms with van der Waals surface area (Å²) in [5.41, 5.74) is 2.36. The number of aromatic nitrogens is 1. The summed E-state index contributed by atoms with van der Waals surface area (Å²) in [6.07, 6.45) is 14.2. The minimum atomic E-state index is 0.591. The predicted molar refractivity (Wildman–Crippen MR) is 85.5 cm³/mol. The molecule has 0 unspecified atom stereocenters. The minimum absolute atomic E-state index is 0.591. The third-order valence-corrected chi connectivity index (χ3v) is 3.26. The fourth-order valence-electron chi connectivity index (χ4n) is 1.93. The summed E-state index contributed by atoms with van der Waals surface area (Å²) in [5, 5.41) is 0. The average molecular weight is 271 g/mol. The van der Waals surface area contributed by atoms with E-state index in [9.17, 15) is 0 Å². The Hall–Kier alpha value is -1.48. The van der Waals surface area contributed by atoms with E-state index in [1.807, 2.05) is 18.5 Å². The highest BCUT2D eigenvalue weighted by atomic mass is 15.0. The normalized spacial score (nSPS) is 15.8. The Bertz CT molecular complexity index is 459. The topological polar surface area (TPSA) is 28.5 Å². The monoisotopic (exact) mass is 271 g/mol. The fraction of sp³-hybridized carbons (Fsp3) is 0.529. The van der Waals surface area contributed by atoms with Gasteiger partial charge in [0.05, 0.1) is 6.04 Å². The summed E-state index contributed by atoms with van der Waals surface area (Å²) in [7, 11) is 4.17. The van der Waals surface area contributed by atoms with Crippen LogP contribution in [0.4, 0.5) is 0 Å². The number of rotatable bonds is 8. The van der Waals surface area contributed by atoms with Crippen LogP contribution in [0.25, 0.3) is 0 Å². The zero-order valence-corrected chi connectivity index (χ0v) is 12.6. The van der Waals surface area contributed by atoms with Gasteiger partial charge in [-0.2, -0.15) is 0 Å². The molecule has 1 aromatic heterocycles. The molecule has 3 heteroatoms. The Morgan fingerprint density at radius 2 is 2.20 bits per heavy atom. The molecular weight excluding hydrogens is 246 g/mol. The lowest BCUT2D eigenvalue weighted by molar-refractivity contribution is 0.456. The summed E-state index contributed by atoms with van der Waals surface area (Å²) < 4.78 is 0. The van der Waals surface area contributed by atoms with Gasteiger partial charge in [-0.1, -0.05) is 12.2 Å². The highest BCUT2D eigenvalue weighted by Crippen LogP contribution is 2.23. The standard InChI is InChI=1S/C17H25N3/c1-20(2)12-6-4-3-5-7-17-13-15(10-11-18-17)14-19-16-8-9-16/h4,6,10-11,13-14,16H,3,5,7-9,12H2,1-2H3/b6-4+,19-14?. The van der Waals surface area contributed by atoms with Crippen LogP contribution < -0.4 is 0 Å². The quantitative estimate of drug-likeness (QED) is 0.413. The molecule has 1 aliphatic carbocycles. The number of allylic oxidation sites excluding steroid dienone is 1. The van der Waals surface area contributed by atoms with Crippen molar-refractivity contribution < 1.29 is 0 Å².